The zero-order valence-corrected chi connectivity index (χ0v) is 25.2. The number of rotatable bonds is 11. The van der Waals surface area contributed by atoms with Crippen LogP contribution in [0.4, 0.5) is 17.5 Å². The Morgan fingerprint density at radius 1 is 0.933 bits per heavy atom. The van der Waals surface area contributed by atoms with Crippen LogP contribution < -0.4 is 20.1 Å². The maximum atomic E-state index is 10.8. The van der Waals surface area contributed by atoms with Crippen molar-refractivity contribution in [2.45, 2.75) is 37.4 Å². The fourth-order valence-corrected chi connectivity index (χ4v) is 5.66. The van der Waals surface area contributed by atoms with Crippen molar-refractivity contribution in [3.8, 4) is 11.5 Å². The maximum absolute atomic E-state index is 10.8. The molecule has 3 aromatic carbocycles. The van der Waals surface area contributed by atoms with E-state index in [1.54, 1.807) is 18.8 Å². The van der Waals surface area contributed by atoms with Gasteiger partial charge in [0.2, 0.25) is 5.95 Å². The van der Waals surface area contributed by atoms with Crippen LogP contribution in [-0.2, 0) is 4.74 Å². The summed E-state index contributed by atoms with van der Waals surface area (Å²) in [7, 11) is 3.25. The molecule has 5 N–H and O–H groups in total. The molecule has 0 saturated carbocycles. The van der Waals surface area contributed by atoms with Crippen LogP contribution >= 0.6 is 0 Å². The highest BCUT2D eigenvalue weighted by Gasteiger charge is 2.44. The topological polar surface area (TPSA) is 156 Å². The van der Waals surface area contributed by atoms with E-state index in [4.69, 9.17) is 24.2 Å². The Balaban J connectivity index is 1.42. The zero-order chi connectivity index (χ0) is 31.5. The van der Waals surface area contributed by atoms with Crippen molar-refractivity contribution in [2.24, 2.45) is 0 Å². The lowest BCUT2D eigenvalue weighted by Crippen LogP contribution is -2.33. The molecule has 0 amide bonds. The Morgan fingerprint density at radius 2 is 1.64 bits per heavy atom. The van der Waals surface area contributed by atoms with Gasteiger partial charge in [-0.1, -0.05) is 42.5 Å². The molecule has 1 saturated heterocycles. The number of para-hydroxylation sites is 1. The van der Waals surface area contributed by atoms with Gasteiger partial charge in [-0.3, -0.25) is 4.57 Å². The smallest absolute Gasteiger partial charge is 0.231 e. The first-order chi connectivity index (χ1) is 21.9. The number of methoxy groups -OCH3 is 2. The molecule has 12 heteroatoms. The van der Waals surface area contributed by atoms with Crippen LogP contribution in [0.1, 0.15) is 28.8 Å². The number of aromatic nitrogens is 4. The van der Waals surface area contributed by atoms with E-state index in [0.717, 1.165) is 22.4 Å². The molecule has 0 aliphatic carbocycles. The van der Waals surface area contributed by atoms with E-state index in [1.807, 2.05) is 60.7 Å². The molecule has 234 valence electrons. The molecule has 5 atom stereocenters. The lowest BCUT2D eigenvalue weighted by molar-refractivity contribution is -0.0511. The highest BCUT2D eigenvalue weighted by Crippen LogP contribution is 2.36. The van der Waals surface area contributed by atoms with Crippen LogP contribution in [0, 0.1) is 6.92 Å². The third-order valence-corrected chi connectivity index (χ3v) is 8.06. The summed E-state index contributed by atoms with van der Waals surface area (Å²) >= 11 is 0. The third kappa shape index (κ3) is 6.13. The number of ether oxygens (including phenoxy) is 3. The Labute approximate surface area is 260 Å². The van der Waals surface area contributed by atoms with Gasteiger partial charge >= 0.3 is 0 Å². The van der Waals surface area contributed by atoms with E-state index in [9.17, 15) is 15.3 Å². The molecule has 3 heterocycles. The number of anilines is 3. The van der Waals surface area contributed by atoms with E-state index in [1.165, 1.54) is 6.33 Å². The number of fused-ring (bicyclic) bond motifs is 1. The maximum Gasteiger partial charge on any atom is 0.231 e. The average Bonchev–Trinajstić information content (AvgIpc) is 3.61. The monoisotopic (exact) mass is 612 g/mol. The Kier molecular flexibility index (Phi) is 8.80. The summed E-state index contributed by atoms with van der Waals surface area (Å²) in [5, 5.41) is 37.6. The van der Waals surface area contributed by atoms with E-state index >= 15 is 0 Å². The molecule has 0 bridgehead atoms. The number of aliphatic hydroxyl groups excluding tert-OH is 3. The van der Waals surface area contributed by atoms with Crippen molar-refractivity contribution in [1.82, 2.24) is 19.5 Å². The summed E-state index contributed by atoms with van der Waals surface area (Å²) in [6.07, 6.45) is -3.04. The van der Waals surface area contributed by atoms with Gasteiger partial charge in [-0.2, -0.15) is 9.97 Å². The quantitative estimate of drug-likeness (QED) is 0.148. The number of nitrogens with one attached hydrogen (secondary N) is 2. The summed E-state index contributed by atoms with van der Waals surface area (Å²) in [6, 6.07) is 23.5. The minimum Gasteiger partial charge on any atom is -0.497 e. The van der Waals surface area contributed by atoms with Crippen LogP contribution in [-0.4, -0.2) is 80.5 Å². The van der Waals surface area contributed by atoms with E-state index in [-0.39, 0.29) is 5.92 Å². The first-order valence-corrected chi connectivity index (χ1v) is 14.6. The Morgan fingerprint density at radius 3 is 2.31 bits per heavy atom. The molecule has 12 nitrogen and oxygen atoms in total. The van der Waals surface area contributed by atoms with Gasteiger partial charge in [0.05, 0.1) is 27.2 Å². The molecular weight excluding hydrogens is 576 g/mol. The minimum atomic E-state index is -1.30. The fourth-order valence-electron chi connectivity index (χ4n) is 5.66. The standard InChI is InChI=1S/C33H36N6O6/c1-19-9-7-8-12-24(19)25(20-13-22(43-2)15-23(14-20)44-3)16-34-30-27-31(38-33(37-30)36-21-10-5-4-6-11-21)39(18-35-27)32-29(42)28(41)26(17-40)45-32/h4-15,18,25-26,28-29,32,40-42H,16-17H2,1-3H3,(H2,34,36,37,38)/t25?,26-,28-,29-,32?/m1/s1. The Bertz CT molecular complexity index is 1740. The van der Waals surface area contributed by atoms with Gasteiger partial charge in [-0.25, -0.2) is 4.98 Å². The molecule has 6 rings (SSSR count). The van der Waals surface area contributed by atoms with Crippen molar-refractivity contribution in [2.75, 3.05) is 38.0 Å². The van der Waals surface area contributed by atoms with Gasteiger partial charge < -0.3 is 40.2 Å². The van der Waals surface area contributed by atoms with Gasteiger partial charge in [-0.05, 0) is 47.9 Å². The van der Waals surface area contributed by atoms with E-state index in [2.05, 4.69) is 34.7 Å². The number of imidazole rings is 1. The number of hydrogen-bond donors (Lipinski definition) is 5. The van der Waals surface area contributed by atoms with Gasteiger partial charge in [0.1, 0.15) is 29.8 Å². The third-order valence-electron chi connectivity index (χ3n) is 8.06. The van der Waals surface area contributed by atoms with Gasteiger partial charge in [-0.15, -0.1) is 0 Å². The molecule has 0 radical (unpaired) electrons. The van der Waals surface area contributed by atoms with Crippen LogP contribution in [0.25, 0.3) is 11.2 Å². The number of aliphatic hydroxyl groups is 3. The second kappa shape index (κ2) is 13.1. The molecule has 2 aromatic heterocycles. The summed E-state index contributed by atoms with van der Waals surface area (Å²) in [5.41, 5.74) is 4.82. The highest BCUT2D eigenvalue weighted by atomic mass is 16.6. The zero-order valence-electron chi connectivity index (χ0n) is 25.2. The van der Waals surface area contributed by atoms with Crippen LogP contribution in [0.5, 0.6) is 11.5 Å². The summed E-state index contributed by atoms with van der Waals surface area (Å²) < 4.78 is 18.5. The van der Waals surface area contributed by atoms with E-state index in [0.29, 0.717) is 41.0 Å². The lowest BCUT2D eigenvalue weighted by atomic mass is 9.88. The van der Waals surface area contributed by atoms with Crippen molar-refractivity contribution in [3.05, 3.63) is 95.8 Å². The number of nitrogens with zero attached hydrogens (tertiary/aromatic N) is 4. The van der Waals surface area contributed by atoms with Crippen LogP contribution in [0.3, 0.4) is 0 Å². The molecular formula is C33H36N6O6. The highest BCUT2D eigenvalue weighted by molar-refractivity contribution is 5.85. The molecule has 1 fully saturated rings. The van der Waals surface area contributed by atoms with Crippen LogP contribution in [0.2, 0.25) is 0 Å². The predicted molar refractivity (Wildman–Crippen MR) is 169 cm³/mol. The molecule has 5 aromatic rings. The minimum absolute atomic E-state index is 0.131. The molecule has 1 aliphatic rings. The first kappa shape index (κ1) is 30.3. The average molecular weight is 613 g/mol. The van der Waals surface area contributed by atoms with Crippen molar-refractivity contribution in [3.63, 3.8) is 0 Å². The fraction of sp³-hybridized carbons (Fsp3) is 0.303. The summed E-state index contributed by atoms with van der Waals surface area (Å²) in [4.78, 5) is 14.1. The number of aryl methyl sites for hydroxylation is 1. The molecule has 1 aliphatic heterocycles. The molecule has 0 spiro atoms. The van der Waals surface area contributed by atoms with Crippen molar-refractivity contribution >= 4 is 28.6 Å². The van der Waals surface area contributed by atoms with E-state index < -0.39 is 31.1 Å². The predicted octanol–water partition coefficient (Wildman–Crippen LogP) is 3.75. The number of hydrogen-bond acceptors (Lipinski definition) is 11. The lowest BCUT2D eigenvalue weighted by Gasteiger charge is -2.22. The second-order valence-electron chi connectivity index (χ2n) is 10.9. The number of benzene rings is 3. The van der Waals surface area contributed by atoms with Crippen molar-refractivity contribution < 1.29 is 29.5 Å². The largest absolute Gasteiger partial charge is 0.497 e. The second-order valence-corrected chi connectivity index (χ2v) is 10.9. The summed E-state index contributed by atoms with van der Waals surface area (Å²) in [5.74, 6) is 1.98. The Hall–Kier alpha value is -4.75. The van der Waals surface area contributed by atoms with Gasteiger partial charge in [0.15, 0.2) is 23.2 Å². The van der Waals surface area contributed by atoms with Crippen LogP contribution in [0.15, 0.2) is 79.1 Å². The summed E-state index contributed by atoms with van der Waals surface area (Å²) in [6.45, 7) is 2.06. The SMILES string of the molecule is COc1cc(OC)cc(C(CNc2nc(Nc3ccccc3)nc3c2ncn3C2O[C@H](CO)[C@@H](O)[C@H]2O)c2ccccc2C)c1. The van der Waals surface area contributed by atoms with Gasteiger partial charge in [0, 0.05) is 24.2 Å². The molecule has 45 heavy (non-hydrogen) atoms. The molecule has 2 unspecified atom stereocenters. The van der Waals surface area contributed by atoms with Crippen molar-refractivity contribution in [1.29, 1.82) is 0 Å². The first-order valence-electron chi connectivity index (χ1n) is 14.6. The normalized spacial score (nSPS) is 20.2. The van der Waals surface area contributed by atoms with Gasteiger partial charge in [0.25, 0.3) is 0 Å².